The lowest BCUT2D eigenvalue weighted by atomic mass is 9.88. The van der Waals surface area contributed by atoms with Crippen LogP contribution in [0.1, 0.15) is 66.5 Å². The van der Waals surface area contributed by atoms with Crippen LogP contribution in [0, 0.1) is 18.8 Å². The molecule has 7 heterocycles. The lowest BCUT2D eigenvalue weighted by Crippen LogP contribution is -2.56. The summed E-state index contributed by atoms with van der Waals surface area (Å²) >= 11 is 0. The highest BCUT2D eigenvalue weighted by atomic mass is 16.7. The van der Waals surface area contributed by atoms with Gasteiger partial charge in [-0.15, -0.1) is 0 Å². The highest BCUT2D eigenvalue weighted by Gasteiger charge is 2.38. The number of hydrogen-bond acceptors (Lipinski definition) is 11. The number of benzene rings is 1. The molecule has 3 saturated heterocycles. The first-order chi connectivity index (χ1) is 30.0. The number of nitrogens with zero attached hydrogens (tertiary/aromatic N) is 8. The molecular formula is C45H53N9O8. The van der Waals surface area contributed by atoms with Crippen LogP contribution in [0.5, 0.6) is 0 Å². The Morgan fingerprint density at radius 2 is 1.61 bits per heavy atom. The Balaban J connectivity index is 0.983. The summed E-state index contributed by atoms with van der Waals surface area (Å²) in [6, 6.07) is 10.8. The van der Waals surface area contributed by atoms with Crippen molar-refractivity contribution in [3.05, 3.63) is 82.9 Å². The molecule has 17 nitrogen and oxygen atoms in total. The average Bonchev–Trinajstić information content (AvgIpc) is 3.90. The predicted molar refractivity (Wildman–Crippen MR) is 228 cm³/mol. The molecule has 0 saturated carbocycles. The second-order valence-corrected chi connectivity index (χ2v) is 17.0. The lowest BCUT2D eigenvalue weighted by Gasteiger charge is -2.39. The minimum absolute atomic E-state index is 0.0147. The van der Waals surface area contributed by atoms with Crippen molar-refractivity contribution in [1.29, 1.82) is 0 Å². The molecule has 5 amide bonds. The molecule has 3 aromatic rings. The van der Waals surface area contributed by atoms with E-state index in [1.165, 1.54) is 4.90 Å². The molecule has 0 bridgehead atoms. The molecule has 0 aliphatic carbocycles. The van der Waals surface area contributed by atoms with Gasteiger partial charge in [-0.05, 0) is 104 Å². The van der Waals surface area contributed by atoms with E-state index in [4.69, 9.17) is 5.11 Å². The van der Waals surface area contributed by atoms with E-state index in [2.05, 4.69) is 36.0 Å². The number of carbonyl (C=O) groups is 6. The van der Waals surface area contributed by atoms with Crippen LogP contribution >= 0.6 is 0 Å². The number of ether oxygens (including phenoxy) is 1. The Hall–Kier alpha value is -6.39. The number of aliphatic imine (C=N–C) groups is 1. The zero-order chi connectivity index (χ0) is 43.3. The zero-order valence-electron chi connectivity index (χ0n) is 35.0. The van der Waals surface area contributed by atoms with Crippen molar-refractivity contribution in [2.24, 2.45) is 16.8 Å². The first-order valence-electron chi connectivity index (χ1n) is 21.6. The van der Waals surface area contributed by atoms with Crippen molar-refractivity contribution < 1.29 is 38.6 Å². The van der Waals surface area contributed by atoms with Gasteiger partial charge < -0.3 is 39.7 Å². The number of anilines is 2. The molecule has 2 aromatic heterocycles. The van der Waals surface area contributed by atoms with Crippen molar-refractivity contribution in [3.8, 4) is 0 Å². The number of piperidine rings is 2. The second-order valence-electron chi connectivity index (χ2n) is 17.0. The highest BCUT2D eigenvalue weighted by molar-refractivity contribution is 6.01. The van der Waals surface area contributed by atoms with Crippen molar-refractivity contribution >= 4 is 53.5 Å². The van der Waals surface area contributed by atoms with E-state index in [0.29, 0.717) is 77.9 Å². The van der Waals surface area contributed by atoms with Crippen molar-refractivity contribution in [2.75, 3.05) is 62.2 Å². The maximum atomic E-state index is 14.7. The van der Waals surface area contributed by atoms with E-state index in [9.17, 15) is 28.8 Å². The zero-order valence-corrected chi connectivity index (χ0v) is 35.0. The first-order valence-corrected chi connectivity index (χ1v) is 21.6. The van der Waals surface area contributed by atoms with E-state index in [-0.39, 0.29) is 67.9 Å². The number of nitrogens with one attached hydrogen (secondary N) is 1. The molecule has 326 valence electrons. The minimum Gasteiger partial charge on any atom is -0.449 e. The smallest absolute Gasteiger partial charge is 0.449 e. The van der Waals surface area contributed by atoms with E-state index >= 15 is 0 Å². The summed E-state index contributed by atoms with van der Waals surface area (Å²) < 4.78 is 4.37. The largest absolute Gasteiger partial charge is 0.514 e. The normalized spacial score (nSPS) is 18.9. The van der Waals surface area contributed by atoms with Crippen LogP contribution in [0.3, 0.4) is 0 Å². The number of aromatic nitrogens is 2. The van der Waals surface area contributed by atoms with Crippen LogP contribution in [0.4, 0.5) is 21.0 Å². The number of fused-ring (bicyclic) bond motifs is 2. The molecule has 0 unspecified atom stereocenters. The van der Waals surface area contributed by atoms with E-state index in [1.807, 2.05) is 48.4 Å². The van der Waals surface area contributed by atoms with E-state index in [0.717, 1.165) is 39.3 Å². The monoisotopic (exact) mass is 847 g/mol. The lowest BCUT2D eigenvalue weighted by molar-refractivity contribution is -0.140. The first kappa shape index (κ1) is 42.3. The van der Waals surface area contributed by atoms with Crippen LogP contribution in [0.2, 0.25) is 0 Å². The molecule has 2 N–H and O–H groups in total. The third-order valence-electron chi connectivity index (χ3n) is 13.1. The number of piperazine rings is 1. The van der Waals surface area contributed by atoms with Gasteiger partial charge in [-0.25, -0.2) is 9.59 Å². The molecule has 5 aliphatic rings. The topological polar surface area (TPSA) is 198 Å². The standard InChI is InChI=1S/C45H53N9O8/c1-29-21-31(23-33-27-47-28-36(29)33)22-32(25-40(55)51-15-8-35(9-16-51)54-39-3-2-10-48-37(39)26-41(54)56)42(57)49-38(24-30-6-13-53(14-7-30)44(59)62-45(60)61)43(58)52-19-17-50(18-20-52)34-4-11-46-12-5-34/h2-5,10-12,21,23,27,30,32,35,38H,6-9,13-20,22,24-26,28H2,1H3,(H,49,57)(H,60,61)/t32-,38-/m0/s1. The van der Waals surface area contributed by atoms with Gasteiger partial charge in [0.15, 0.2) is 0 Å². The van der Waals surface area contributed by atoms with Crippen LogP contribution in [0.25, 0.3) is 0 Å². The van der Waals surface area contributed by atoms with Gasteiger partial charge in [-0.1, -0.05) is 6.07 Å². The average molecular weight is 848 g/mol. The number of hydrogen-bond donors (Lipinski definition) is 2. The third-order valence-corrected chi connectivity index (χ3v) is 13.1. The summed E-state index contributed by atoms with van der Waals surface area (Å²) in [7, 11) is 0. The quantitative estimate of drug-likeness (QED) is 0.211. The number of pyridine rings is 2. The van der Waals surface area contributed by atoms with Gasteiger partial charge >= 0.3 is 12.2 Å². The maximum Gasteiger partial charge on any atom is 0.514 e. The fraction of sp³-hybridized carbons (Fsp3) is 0.489. The van der Waals surface area contributed by atoms with Crippen LogP contribution in [-0.2, 0) is 43.3 Å². The van der Waals surface area contributed by atoms with Crippen LogP contribution < -0.4 is 15.1 Å². The number of amides is 5. The van der Waals surface area contributed by atoms with Gasteiger partial charge in [0.2, 0.25) is 23.6 Å². The van der Waals surface area contributed by atoms with Gasteiger partial charge in [0.05, 0.1) is 30.3 Å². The van der Waals surface area contributed by atoms with Gasteiger partial charge in [0.1, 0.15) is 6.04 Å². The van der Waals surface area contributed by atoms with Crippen molar-refractivity contribution in [2.45, 2.75) is 76.9 Å². The predicted octanol–water partition coefficient (Wildman–Crippen LogP) is 3.60. The summed E-state index contributed by atoms with van der Waals surface area (Å²) in [6.45, 7) is 6.11. The molecule has 17 heteroatoms. The number of rotatable bonds is 11. The van der Waals surface area contributed by atoms with Crippen molar-refractivity contribution in [3.63, 3.8) is 0 Å². The molecule has 0 spiro atoms. The SMILES string of the molecule is Cc1cc(C[C@@H](CC(=O)N2CCC(N3C(=O)Cc4ncccc43)CC2)C(=O)N[C@@H](CC2CCN(C(=O)OC(=O)O)CC2)C(=O)N2CCN(c3ccncc3)CC2)cc2c1CN=C2. The summed E-state index contributed by atoms with van der Waals surface area (Å²) in [5.74, 6) is -1.58. The second kappa shape index (κ2) is 18.7. The Morgan fingerprint density at radius 1 is 0.887 bits per heavy atom. The van der Waals surface area contributed by atoms with E-state index in [1.54, 1.807) is 28.4 Å². The fourth-order valence-electron chi connectivity index (χ4n) is 9.70. The third kappa shape index (κ3) is 9.56. The Labute approximate surface area is 360 Å². The van der Waals surface area contributed by atoms with Crippen LogP contribution in [0.15, 0.2) is 60.0 Å². The molecular weight excluding hydrogens is 795 g/mol. The summed E-state index contributed by atoms with van der Waals surface area (Å²) in [6.07, 6.45) is 7.38. The summed E-state index contributed by atoms with van der Waals surface area (Å²) in [5, 5.41) is 12.1. The molecule has 3 fully saturated rings. The van der Waals surface area contributed by atoms with Crippen LogP contribution in [-0.4, -0.2) is 136 Å². The number of carbonyl (C=O) groups excluding carboxylic acids is 5. The Morgan fingerprint density at radius 3 is 2.34 bits per heavy atom. The van der Waals surface area contributed by atoms with Gasteiger partial charge in [0.25, 0.3) is 0 Å². The molecule has 8 rings (SSSR count). The number of aryl methyl sites for hydroxylation is 1. The van der Waals surface area contributed by atoms with Gasteiger partial charge in [-0.3, -0.25) is 34.1 Å². The summed E-state index contributed by atoms with van der Waals surface area (Å²) in [5.41, 5.74) is 6.72. The maximum absolute atomic E-state index is 14.7. The Bertz CT molecular complexity index is 2210. The molecule has 2 atom stereocenters. The Kier molecular flexibility index (Phi) is 12.8. The summed E-state index contributed by atoms with van der Waals surface area (Å²) in [4.78, 5) is 102. The molecule has 5 aliphatic heterocycles. The molecule has 1 aromatic carbocycles. The number of likely N-dealkylation sites (tertiary alicyclic amines) is 2. The molecule has 62 heavy (non-hydrogen) atoms. The van der Waals surface area contributed by atoms with Gasteiger partial charge in [0, 0.05) is 95.3 Å². The van der Waals surface area contributed by atoms with E-state index < -0.39 is 24.2 Å². The van der Waals surface area contributed by atoms with Gasteiger partial charge in [-0.2, -0.15) is 0 Å². The molecule has 0 radical (unpaired) electrons. The number of carboxylic acid groups (broad SMARTS) is 1. The highest BCUT2D eigenvalue weighted by Crippen LogP contribution is 2.33. The fourth-order valence-corrected chi connectivity index (χ4v) is 9.70. The van der Waals surface area contributed by atoms with Crippen molar-refractivity contribution in [1.82, 2.24) is 30.0 Å². The minimum atomic E-state index is -1.67.